The fraction of sp³-hybridized carbons (Fsp3) is 0.0938. The van der Waals surface area contributed by atoms with Crippen LogP contribution in [0.25, 0.3) is 6.08 Å². The van der Waals surface area contributed by atoms with Crippen molar-refractivity contribution in [3.05, 3.63) is 123 Å². The van der Waals surface area contributed by atoms with Gasteiger partial charge in [-0.3, -0.25) is 14.4 Å². The van der Waals surface area contributed by atoms with Gasteiger partial charge in [-0.05, 0) is 72.8 Å². The van der Waals surface area contributed by atoms with Crippen molar-refractivity contribution in [2.45, 2.75) is 4.90 Å². The lowest BCUT2D eigenvalue weighted by Crippen LogP contribution is -2.30. The molecule has 0 saturated carbocycles. The quantitative estimate of drug-likeness (QED) is 0.103. The fourth-order valence-corrected chi connectivity index (χ4v) is 4.96. The van der Waals surface area contributed by atoms with Gasteiger partial charge in [-0.1, -0.05) is 47.5 Å². The summed E-state index contributed by atoms with van der Waals surface area (Å²) in [4.78, 5) is 39.9. The van der Waals surface area contributed by atoms with Crippen LogP contribution in [-0.2, 0) is 4.79 Å². The van der Waals surface area contributed by atoms with Gasteiger partial charge in [0.1, 0.15) is 17.2 Å². The Morgan fingerprint density at radius 1 is 0.810 bits per heavy atom. The third-order valence-electron chi connectivity index (χ3n) is 5.97. The molecule has 0 fully saturated rings. The number of anilines is 1. The van der Waals surface area contributed by atoms with Crippen LogP contribution < -0.4 is 20.1 Å². The van der Waals surface area contributed by atoms with Crippen LogP contribution in [0.5, 0.6) is 11.5 Å². The maximum atomic E-state index is 13.5. The van der Waals surface area contributed by atoms with E-state index in [9.17, 15) is 14.4 Å². The Labute approximate surface area is 257 Å². The number of benzene rings is 4. The van der Waals surface area contributed by atoms with Crippen molar-refractivity contribution < 1.29 is 23.9 Å². The summed E-state index contributed by atoms with van der Waals surface area (Å²) in [5.41, 5.74) is 1.84. The number of ether oxygens (including phenoxy) is 2. The molecule has 7 nitrogen and oxygen atoms in total. The number of rotatable bonds is 11. The number of hydrogen-bond donors (Lipinski definition) is 2. The Hall–Kier alpha value is -4.24. The van der Waals surface area contributed by atoms with Crippen LogP contribution >= 0.6 is 35.0 Å². The number of ketones is 1. The molecule has 4 aromatic rings. The number of nitrogens with one attached hydrogen (secondary N) is 2. The average molecular weight is 622 g/mol. The smallest absolute Gasteiger partial charge is 0.272 e. The van der Waals surface area contributed by atoms with Gasteiger partial charge in [0.15, 0.2) is 5.78 Å². The zero-order chi connectivity index (χ0) is 30.1. The summed E-state index contributed by atoms with van der Waals surface area (Å²) in [7, 11) is 3.04. The van der Waals surface area contributed by atoms with Crippen LogP contribution in [0.4, 0.5) is 5.69 Å². The molecule has 0 unspecified atom stereocenters. The monoisotopic (exact) mass is 620 g/mol. The lowest BCUT2D eigenvalue weighted by Gasteiger charge is -2.13. The average Bonchev–Trinajstić information content (AvgIpc) is 3.01. The van der Waals surface area contributed by atoms with Gasteiger partial charge in [0.25, 0.3) is 11.8 Å². The minimum absolute atomic E-state index is 0.0109. The van der Waals surface area contributed by atoms with E-state index in [4.69, 9.17) is 32.7 Å². The molecule has 0 heterocycles. The number of Topliss-reactive ketones (excluding diaryl/α,β-unsaturated/α-hetero) is 1. The zero-order valence-corrected chi connectivity index (χ0v) is 25.0. The molecule has 4 rings (SSSR count). The van der Waals surface area contributed by atoms with E-state index in [1.165, 1.54) is 32.1 Å². The minimum Gasteiger partial charge on any atom is -0.497 e. The van der Waals surface area contributed by atoms with Gasteiger partial charge in [0, 0.05) is 27.3 Å². The van der Waals surface area contributed by atoms with Gasteiger partial charge in [-0.2, -0.15) is 0 Å². The molecule has 0 aliphatic rings. The molecule has 0 bridgehead atoms. The molecule has 2 N–H and O–H groups in total. The maximum Gasteiger partial charge on any atom is 0.272 e. The van der Waals surface area contributed by atoms with Gasteiger partial charge < -0.3 is 20.1 Å². The highest BCUT2D eigenvalue weighted by atomic mass is 35.5. The van der Waals surface area contributed by atoms with Crippen molar-refractivity contribution in [2.75, 3.05) is 25.3 Å². The van der Waals surface area contributed by atoms with Crippen LogP contribution in [0.3, 0.4) is 0 Å². The summed E-state index contributed by atoms with van der Waals surface area (Å²) in [5.74, 6) is 0.0659. The van der Waals surface area contributed by atoms with Crippen LogP contribution in [0.15, 0.2) is 102 Å². The first-order valence-electron chi connectivity index (χ1n) is 12.6. The zero-order valence-electron chi connectivity index (χ0n) is 22.7. The van der Waals surface area contributed by atoms with E-state index in [-0.39, 0.29) is 17.2 Å². The normalized spacial score (nSPS) is 11.0. The van der Waals surface area contributed by atoms with Gasteiger partial charge in [-0.25, -0.2) is 0 Å². The van der Waals surface area contributed by atoms with Gasteiger partial charge >= 0.3 is 0 Å². The molecule has 0 aliphatic heterocycles. The standard InChI is InChI=1S/C32H26Cl2N2O5S/c1-40-24-12-14-30(41-2)22(15-24)17-28(36-31(38)20-7-4-3-5-8-20)32(39)35-23-9-6-10-25(18-23)42-19-29(37)21-11-13-26(33)27(34)16-21/h3-18H,19H2,1-2H3,(H,35,39)(H,36,38)/b28-17-. The summed E-state index contributed by atoms with van der Waals surface area (Å²) in [6, 6.07) is 25.5. The van der Waals surface area contributed by atoms with Gasteiger partial charge in [0.05, 0.1) is 30.0 Å². The van der Waals surface area contributed by atoms with Crippen molar-refractivity contribution in [3.63, 3.8) is 0 Å². The number of halogens is 2. The lowest BCUT2D eigenvalue weighted by molar-refractivity contribution is -0.113. The molecule has 2 amide bonds. The highest BCUT2D eigenvalue weighted by Gasteiger charge is 2.17. The van der Waals surface area contributed by atoms with Gasteiger partial charge in [0.2, 0.25) is 0 Å². The number of thioether (sulfide) groups is 1. The largest absolute Gasteiger partial charge is 0.497 e. The third kappa shape index (κ3) is 8.16. The predicted molar refractivity (Wildman–Crippen MR) is 168 cm³/mol. The Kier molecular flexibility index (Phi) is 10.7. The number of carbonyl (C=O) groups excluding carboxylic acids is 3. The number of methoxy groups -OCH3 is 2. The van der Waals surface area contributed by atoms with Gasteiger partial charge in [-0.15, -0.1) is 11.8 Å². The van der Waals surface area contributed by atoms with E-state index in [1.807, 2.05) is 6.07 Å². The van der Waals surface area contributed by atoms with E-state index in [0.717, 1.165) is 4.90 Å². The number of hydrogen-bond acceptors (Lipinski definition) is 6. The molecular weight excluding hydrogens is 595 g/mol. The topological polar surface area (TPSA) is 93.7 Å². The minimum atomic E-state index is -0.557. The van der Waals surface area contributed by atoms with E-state index in [0.29, 0.717) is 43.9 Å². The molecule has 4 aromatic carbocycles. The van der Waals surface area contributed by atoms with Crippen molar-refractivity contribution >= 4 is 64.3 Å². The Morgan fingerprint density at radius 3 is 2.31 bits per heavy atom. The Bertz CT molecular complexity index is 1640. The molecule has 0 aromatic heterocycles. The molecular formula is C32H26Cl2N2O5S. The first-order valence-corrected chi connectivity index (χ1v) is 14.3. The third-order valence-corrected chi connectivity index (χ3v) is 7.70. The number of carbonyl (C=O) groups is 3. The van der Waals surface area contributed by atoms with E-state index in [2.05, 4.69) is 10.6 Å². The van der Waals surface area contributed by atoms with Crippen LogP contribution in [0.2, 0.25) is 10.0 Å². The summed E-state index contributed by atoms with van der Waals surface area (Å²) < 4.78 is 10.8. The lowest BCUT2D eigenvalue weighted by atomic mass is 10.1. The highest BCUT2D eigenvalue weighted by molar-refractivity contribution is 8.00. The number of amides is 2. The van der Waals surface area contributed by atoms with E-state index >= 15 is 0 Å². The van der Waals surface area contributed by atoms with Crippen molar-refractivity contribution in [1.82, 2.24) is 5.32 Å². The summed E-state index contributed by atoms with van der Waals surface area (Å²) in [5, 5.41) is 6.24. The molecule has 0 saturated heterocycles. The second-order valence-corrected chi connectivity index (χ2v) is 10.7. The second kappa shape index (κ2) is 14.6. The molecule has 0 atom stereocenters. The van der Waals surface area contributed by atoms with Crippen molar-refractivity contribution in [2.24, 2.45) is 0 Å². The van der Waals surface area contributed by atoms with Crippen molar-refractivity contribution in [3.8, 4) is 11.5 Å². The maximum absolute atomic E-state index is 13.5. The molecule has 0 aliphatic carbocycles. The van der Waals surface area contributed by atoms with Crippen LogP contribution in [0.1, 0.15) is 26.3 Å². The highest BCUT2D eigenvalue weighted by Crippen LogP contribution is 2.28. The van der Waals surface area contributed by atoms with Crippen LogP contribution in [0, 0.1) is 0 Å². The summed E-state index contributed by atoms with van der Waals surface area (Å²) in [6.45, 7) is 0. The molecule has 42 heavy (non-hydrogen) atoms. The first kappa shape index (κ1) is 30.7. The van der Waals surface area contributed by atoms with Crippen LogP contribution in [-0.4, -0.2) is 37.6 Å². The predicted octanol–water partition coefficient (Wildman–Crippen LogP) is 7.40. The molecule has 214 valence electrons. The summed E-state index contributed by atoms with van der Waals surface area (Å²) in [6.07, 6.45) is 1.52. The SMILES string of the molecule is COc1ccc(OC)c(/C=C(\NC(=O)c2ccccc2)C(=O)Nc2cccc(SCC(=O)c3ccc(Cl)c(Cl)c3)c2)c1. The van der Waals surface area contributed by atoms with E-state index < -0.39 is 11.8 Å². The Balaban J connectivity index is 1.55. The first-order chi connectivity index (χ1) is 20.3. The molecule has 0 spiro atoms. The Morgan fingerprint density at radius 2 is 1.60 bits per heavy atom. The summed E-state index contributed by atoms with van der Waals surface area (Å²) >= 11 is 13.3. The van der Waals surface area contributed by atoms with Crippen molar-refractivity contribution in [1.29, 1.82) is 0 Å². The van der Waals surface area contributed by atoms with E-state index in [1.54, 1.807) is 84.9 Å². The fourth-order valence-electron chi connectivity index (χ4n) is 3.81. The molecule has 10 heteroatoms. The molecule has 0 radical (unpaired) electrons. The second-order valence-electron chi connectivity index (χ2n) is 8.81.